The highest BCUT2D eigenvalue weighted by atomic mass is 16.1. The highest BCUT2D eigenvalue weighted by molar-refractivity contribution is 5.94. The Morgan fingerprint density at radius 2 is 2.00 bits per heavy atom. The lowest BCUT2D eigenvalue weighted by Crippen LogP contribution is -2.47. The zero-order valence-electron chi connectivity index (χ0n) is 11.5. The van der Waals surface area contributed by atoms with Crippen LogP contribution in [0.25, 0.3) is 0 Å². The summed E-state index contributed by atoms with van der Waals surface area (Å²) in [5.74, 6) is 0.116. The van der Waals surface area contributed by atoms with Crippen LogP contribution in [-0.2, 0) is 0 Å². The molecule has 19 heavy (non-hydrogen) atoms. The van der Waals surface area contributed by atoms with Crippen LogP contribution >= 0.6 is 0 Å². The fraction of sp³-hybridized carbons (Fsp3) is 0.600. The minimum absolute atomic E-state index is 0.116. The first kappa shape index (κ1) is 12.6. The van der Waals surface area contributed by atoms with Crippen LogP contribution < -0.4 is 4.90 Å². The number of carbonyl (C=O) groups excluding carboxylic acids is 1. The molecule has 1 saturated heterocycles. The van der Waals surface area contributed by atoms with E-state index in [2.05, 4.69) is 14.8 Å². The van der Waals surface area contributed by atoms with Crippen LogP contribution in [0.15, 0.2) is 18.3 Å². The minimum Gasteiger partial charge on any atom is -0.368 e. The molecule has 1 aromatic rings. The van der Waals surface area contributed by atoms with Crippen molar-refractivity contribution < 1.29 is 4.79 Å². The molecule has 0 aromatic carbocycles. The molecule has 1 saturated carbocycles. The number of carbonyl (C=O) groups is 1. The molecule has 1 aromatic heterocycles. The maximum absolute atomic E-state index is 11.5. The molecule has 0 radical (unpaired) electrons. The number of hydrogen-bond acceptors (Lipinski definition) is 4. The normalized spacial score (nSPS) is 20.6. The number of anilines is 1. The summed E-state index contributed by atoms with van der Waals surface area (Å²) in [7, 11) is 0. The van der Waals surface area contributed by atoms with E-state index in [1.165, 1.54) is 12.8 Å². The monoisotopic (exact) mass is 259 g/mol. The van der Waals surface area contributed by atoms with Crippen LogP contribution in [0.1, 0.15) is 36.7 Å². The van der Waals surface area contributed by atoms with Crippen LogP contribution in [0.4, 0.5) is 5.69 Å². The quantitative estimate of drug-likeness (QED) is 0.775. The van der Waals surface area contributed by atoms with Gasteiger partial charge in [0.15, 0.2) is 5.78 Å². The third kappa shape index (κ3) is 2.78. The van der Waals surface area contributed by atoms with E-state index in [4.69, 9.17) is 0 Å². The average Bonchev–Trinajstić information content (AvgIpc) is 3.31. The topological polar surface area (TPSA) is 36.4 Å². The molecular formula is C15H21N3O. The van der Waals surface area contributed by atoms with Crippen molar-refractivity contribution in [1.82, 2.24) is 9.88 Å². The van der Waals surface area contributed by atoms with E-state index in [-0.39, 0.29) is 5.78 Å². The van der Waals surface area contributed by atoms with Crippen molar-refractivity contribution in [2.24, 2.45) is 0 Å². The van der Waals surface area contributed by atoms with Gasteiger partial charge in [-0.3, -0.25) is 14.7 Å². The summed E-state index contributed by atoms with van der Waals surface area (Å²) < 4.78 is 0. The lowest BCUT2D eigenvalue weighted by Gasteiger charge is -2.36. The molecule has 2 fully saturated rings. The molecule has 0 atom stereocenters. The smallest absolute Gasteiger partial charge is 0.180 e. The predicted octanol–water partition coefficient (Wildman–Crippen LogP) is 1.96. The van der Waals surface area contributed by atoms with Crippen molar-refractivity contribution >= 4 is 11.5 Å². The Kier molecular flexibility index (Phi) is 3.51. The van der Waals surface area contributed by atoms with Gasteiger partial charge >= 0.3 is 0 Å². The Bertz CT molecular complexity index is 445. The fourth-order valence-corrected chi connectivity index (χ4v) is 2.70. The molecule has 0 amide bonds. The summed E-state index contributed by atoms with van der Waals surface area (Å²) in [5.41, 5.74) is 1.73. The molecule has 1 aliphatic heterocycles. The Balaban J connectivity index is 1.61. The highest BCUT2D eigenvalue weighted by Gasteiger charge is 2.31. The Labute approximate surface area is 114 Å². The number of hydrogen-bond donors (Lipinski definition) is 0. The maximum atomic E-state index is 11.5. The van der Waals surface area contributed by atoms with E-state index in [1.54, 1.807) is 0 Å². The van der Waals surface area contributed by atoms with Gasteiger partial charge in [-0.2, -0.15) is 0 Å². The molecular weight excluding hydrogens is 238 g/mol. The van der Waals surface area contributed by atoms with Crippen LogP contribution in [0.5, 0.6) is 0 Å². The molecule has 102 valence electrons. The zero-order chi connectivity index (χ0) is 13.2. The zero-order valence-corrected chi connectivity index (χ0v) is 11.5. The molecule has 2 heterocycles. The maximum Gasteiger partial charge on any atom is 0.180 e. The lowest BCUT2D eigenvalue weighted by molar-refractivity contribution is 0.0983. The van der Waals surface area contributed by atoms with Crippen molar-refractivity contribution in [2.45, 2.75) is 32.2 Å². The molecule has 0 N–H and O–H groups in total. The van der Waals surface area contributed by atoms with Gasteiger partial charge in [-0.1, -0.05) is 6.92 Å². The summed E-state index contributed by atoms with van der Waals surface area (Å²) in [6.45, 7) is 6.31. The summed E-state index contributed by atoms with van der Waals surface area (Å²) >= 11 is 0. The third-order valence-electron chi connectivity index (χ3n) is 4.10. The van der Waals surface area contributed by atoms with Crippen LogP contribution in [-0.4, -0.2) is 47.9 Å². The summed E-state index contributed by atoms with van der Waals surface area (Å²) in [5, 5.41) is 0. The third-order valence-corrected chi connectivity index (χ3v) is 4.10. The number of ketones is 1. The van der Waals surface area contributed by atoms with E-state index in [1.807, 2.05) is 25.3 Å². The molecule has 2 aliphatic rings. The van der Waals surface area contributed by atoms with Crippen LogP contribution in [0.2, 0.25) is 0 Å². The molecule has 0 bridgehead atoms. The second-order valence-corrected chi connectivity index (χ2v) is 5.43. The average molecular weight is 259 g/mol. The van der Waals surface area contributed by atoms with Gasteiger partial charge in [0.2, 0.25) is 0 Å². The van der Waals surface area contributed by atoms with Gasteiger partial charge in [0.1, 0.15) is 5.69 Å². The molecule has 1 aliphatic carbocycles. The summed E-state index contributed by atoms with van der Waals surface area (Å²) in [4.78, 5) is 20.8. The second kappa shape index (κ2) is 5.29. The van der Waals surface area contributed by atoms with Crippen LogP contribution in [0, 0.1) is 0 Å². The summed E-state index contributed by atoms with van der Waals surface area (Å²) in [6, 6.07) is 4.75. The predicted molar refractivity (Wildman–Crippen MR) is 75.7 cm³/mol. The molecule has 4 heteroatoms. The van der Waals surface area contributed by atoms with Gasteiger partial charge in [0.05, 0.1) is 11.9 Å². The van der Waals surface area contributed by atoms with E-state index < -0.39 is 0 Å². The van der Waals surface area contributed by atoms with E-state index >= 15 is 0 Å². The number of Topliss-reactive ketones (excluding diaryl/α,β-unsaturated/α-hetero) is 1. The number of piperazine rings is 1. The van der Waals surface area contributed by atoms with E-state index in [0.717, 1.165) is 37.9 Å². The van der Waals surface area contributed by atoms with E-state index in [9.17, 15) is 4.79 Å². The van der Waals surface area contributed by atoms with Crippen molar-refractivity contribution in [3.63, 3.8) is 0 Å². The van der Waals surface area contributed by atoms with Crippen molar-refractivity contribution in [1.29, 1.82) is 0 Å². The highest BCUT2D eigenvalue weighted by Crippen LogP contribution is 2.28. The van der Waals surface area contributed by atoms with Gasteiger partial charge in [-0.25, -0.2) is 0 Å². The molecule has 3 rings (SSSR count). The van der Waals surface area contributed by atoms with Gasteiger partial charge in [-0.05, 0) is 25.0 Å². The summed E-state index contributed by atoms with van der Waals surface area (Å²) in [6.07, 6.45) is 5.13. The SMILES string of the molecule is CCC(=O)c1ccc(N2CCN(C3CC3)CC2)cn1. The Morgan fingerprint density at radius 1 is 1.26 bits per heavy atom. The van der Waals surface area contributed by atoms with Crippen LogP contribution in [0.3, 0.4) is 0 Å². The number of rotatable bonds is 4. The van der Waals surface area contributed by atoms with Crippen molar-refractivity contribution in [2.75, 3.05) is 31.1 Å². The van der Waals surface area contributed by atoms with Gasteiger partial charge in [0, 0.05) is 38.6 Å². The largest absolute Gasteiger partial charge is 0.368 e. The van der Waals surface area contributed by atoms with Crippen molar-refractivity contribution in [3.05, 3.63) is 24.0 Å². The first-order valence-corrected chi connectivity index (χ1v) is 7.26. The molecule has 4 nitrogen and oxygen atoms in total. The van der Waals surface area contributed by atoms with Crippen molar-refractivity contribution in [3.8, 4) is 0 Å². The fourth-order valence-electron chi connectivity index (χ4n) is 2.70. The standard InChI is InChI=1S/C15H21N3O/c1-2-15(19)14-6-5-13(11-16-14)18-9-7-17(8-10-18)12-3-4-12/h5-6,11-12H,2-4,7-10H2,1H3. The Morgan fingerprint density at radius 3 is 2.53 bits per heavy atom. The first-order chi connectivity index (χ1) is 9.28. The molecule has 0 unspecified atom stereocenters. The van der Waals surface area contributed by atoms with E-state index in [0.29, 0.717) is 12.1 Å². The molecule has 0 spiro atoms. The number of nitrogens with zero attached hydrogens (tertiary/aromatic N) is 3. The Hall–Kier alpha value is -1.42. The number of pyridine rings is 1. The van der Waals surface area contributed by atoms with Gasteiger partial charge in [0.25, 0.3) is 0 Å². The lowest BCUT2D eigenvalue weighted by atomic mass is 10.2. The first-order valence-electron chi connectivity index (χ1n) is 7.26. The van der Waals surface area contributed by atoms with Gasteiger partial charge < -0.3 is 4.90 Å². The van der Waals surface area contributed by atoms with Gasteiger partial charge in [-0.15, -0.1) is 0 Å². The second-order valence-electron chi connectivity index (χ2n) is 5.43. The number of aromatic nitrogens is 1. The minimum atomic E-state index is 0.116.